The SMILES string of the molecule is C=C(C)Cn1c(C(C)NC(=O)C(CC)CC)nc2ccccc21. The molecule has 0 saturated heterocycles. The number of rotatable bonds is 7. The fourth-order valence-corrected chi connectivity index (χ4v) is 2.92. The molecule has 0 aliphatic rings. The monoisotopic (exact) mass is 313 g/mol. The van der Waals surface area contributed by atoms with E-state index in [9.17, 15) is 4.79 Å². The van der Waals surface area contributed by atoms with Crippen LogP contribution in [0.1, 0.15) is 52.4 Å². The van der Waals surface area contributed by atoms with Gasteiger partial charge in [0.1, 0.15) is 5.82 Å². The Bertz CT molecular complexity index is 698. The summed E-state index contributed by atoms with van der Waals surface area (Å²) in [5.41, 5.74) is 3.09. The molecule has 1 N–H and O–H groups in total. The molecule has 1 aromatic heterocycles. The summed E-state index contributed by atoms with van der Waals surface area (Å²) in [6.45, 7) is 12.8. The van der Waals surface area contributed by atoms with Gasteiger partial charge in [-0.05, 0) is 38.8 Å². The third kappa shape index (κ3) is 3.81. The van der Waals surface area contributed by atoms with Gasteiger partial charge in [-0.1, -0.05) is 38.1 Å². The van der Waals surface area contributed by atoms with Gasteiger partial charge >= 0.3 is 0 Å². The Morgan fingerprint density at radius 1 is 1.30 bits per heavy atom. The fourth-order valence-electron chi connectivity index (χ4n) is 2.92. The molecular formula is C19H27N3O. The molecule has 4 heteroatoms. The van der Waals surface area contributed by atoms with Crippen LogP contribution >= 0.6 is 0 Å². The van der Waals surface area contributed by atoms with Crippen molar-refractivity contribution in [3.05, 3.63) is 42.2 Å². The van der Waals surface area contributed by atoms with E-state index in [2.05, 4.69) is 36.4 Å². The van der Waals surface area contributed by atoms with Gasteiger partial charge in [-0.2, -0.15) is 0 Å². The summed E-state index contributed by atoms with van der Waals surface area (Å²) >= 11 is 0. The average molecular weight is 313 g/mol. The molecule has 23 heavy (non-hydrogen) atoms. The van der Waals surface area contributed by atoms with Crippen LogP contribution in [0.3, 0.4) is 0 Å². The zero-order valence-electron chi connectivity index (χ0n) is 14.6. The second-order valence-corrected chi connectivity index (χ2v) is 6.25. The van der Waals surface area contributed by atoms with E-state index in [0.29, 0.717) is 6.54 Å². The van der Waals surface area contributed by atoms with Crippen molar-refractivity contribution in [2.75, 3.05) is 0 Å². The first-order chi connectivity index (χ1) is 11.0. The summed E-state index contributed by atoms with van der Waals surface area (Å²) in [5.74, 6) is 1.06. The largest absolute Gasteiger partial charge is 0.346 e. The lowest BCUT2D eigenvalue weighted by Crippen LogP contribution is -2.33. The van der Waals surface area contributed by atoms with Crippen LogP contribution in [0.15, 0.2) is 36.4 Å². The van der Waals surface area contributed by atoms with Crippen LogP contribution in [-0.4, -0.2) is 15.5 Å². The molecular weight excluding hydrogens is 286 g/mol. The summed E-state index contributed by atoms with van der Waals surface area (Å²) < 4.78 is 2.15. The lowest BCUT2D eigenvalue weighted by atomic mass is 10.0. The maximum Gasteiger partial charge on any atom is 0.223 e. The van der Waals surface area contributed by atoms with E-state index in [1.807, 2.05) is 32.0 Å². The molecule has 0 radical (unpaired) electrons. The van der Waals surface area contributed by atoms with Crippen molar-refractivity contribution in [1.29, 1.82) is 0 Å². The van der Waals surface area contributed by atoms with Crippen LogP contribution in [0.4, 0.5) is 0 Å². The van der Waals surface area contributed by atoms with Crippen molar-refractivity contribution < 1.29 is 4.79 Å². The van der Waals surface area contributed by atoms with E-state index >= 15 is 0 Å². The van der Waals surface area contributed by atoms with Crippen molar-refractivity contribution >= 4 is 16.9 Å². The molecule has 124 valence electrons. The number of nitrogens with zero attached hydrogens (tertiary/aromatic N) is 2. The maximum absolute atomic E-state index is 12.4. The van der Waals surface area contributed by atoms with Gasteiger partial charge in [-0.15, -0.1) is 0 Å². The third-order valence-electron chi connectivity index (χ3n) is 4.21. The highest BCUT2D eigenvalue weighted by molar-refractivity contribution is 5.79. The molecule has 1 atom stereocenters. The molecule has 0 fully saturated rings. The quantitative estimate of drug-likeness (QED) is 0.778. The topological polar surface area (TPSA) is 46.9 Å². The van der Waals surface area contributed by atoms with Gasteiger partial charge < -0.3 is 9.88 Å². The molecule has 2 rings (SSSR count). The predicted octanol–water partition coefficient (Wildman–Crippen LogP) is 4.23. The van der Waals surface area contributed by atoms with Crippen molar-refractivity contribution in [1.82, 2.24) is 14.9 Å². The molecule has 4 nitrogen and oxygen atoms in total. The Labute approximate surface area is 138 Å². The number of para-hydroxylation sites is 2. The number of hydrogen-bond donors (Lipinski definition) is 1. The number of benzene rings is 1. The number of nitrogens with one attached hydrogen (secondary N) is 1. The van der Waals surface area contributed by atoms with E-state index < -0.39 is 0 Å². The van der Waals surface area contributed by atoms with Gasteiger partial charge in [0, 0.05) is 12.5 Å². The van der Waals surface area contributed by atoms with Gasteiger partial charge in [-0.25, -0.2) is 4.98 Å². The predicted molar refractivity (Wildman–Crippen MR) is 95.2 cm³/mol. The minimum atomic E-state index is -0.130. The first kappa shape index (κ1) is 17.3. The molecule has 1 unspecified atom stereocenters. The molecule has 1 aromatic carbocycles. The number of allylic oxidation sites excluding steroid dienone is 1. The number of carbonyl (C=O) groups excluding carboxylic acids is 1. The number of amides is 1. The van der Waals surface area contributed by atoms with Crippen LogP contribution in [0.5, 0.6) is 0 Å². The summed E-state index contributed by atoms with van der Waals surface area (Å²) in [7, 11) is 0. The molecule has 0 bridgehead atoms. The highest BCUT2D eigenvalue weighted by Gasteiger charge is 2.21. The zero-order valence-corrected chi connectivity index (χ0v) is 14.6. The second kappa shape index (κ2) is 7.44. The zero-order chi connectivity index (χ0) is 17.0. The minimum absolute atomic E-state index is 0.0661. The first-order valence-electron chi connectivity index (χ1n) is 8.37. The Morgan fingerprint density at radius 2 is 1.96 bits per heavy atom. The molecule has 0 aliphatic carbocycles. The van der Waals surface area contributed by atoms with E-state index in [-0.39, 0.29) is 17.9 Å². The number of aromatic nitrogens is 2. The van der Waals surface area contributed by atoms with Crippen LogP contribution in [0, 0.1) is 5.92 Å². The number of carbonyl (C=O) groups is 1. The number of imidazole rings is 1. The summed E-state index contributed by atoms with van der Waals surface area (Å²) in [4.78, 5) is 17.1. The second-order valence-electron chi connectivity index (χ2n) is 6.25. The van der Waals surface area contributed by atoms with E-state index in [1.165, 1.54) is 0 Å². The standard InChI is InChI=1S/C19H27N3O/c1-6-15(7-2)19(23)20-14(5)18-21-16-10-8-9-11-17(16)22(18)12-13(3)4/h8-11,14-15H,3,6-7,12H2,1-2,4-5H3,(H,20,23). The Kier molecular flexibility index (Phi) is 5.59. The van der Waals surface area contributed by atoms with Crippen molar-refractivity contribution in [2.45, 2.75) is 53.1 Å². The van der Waals surface area contributed by atoms with Gasteiger partial charge in [0.05, 0.1) is 17.1 Å². The fraction of sp³-hybridized carbons (Fsp3) is 0.474. The van der Waals surface area contributed by atoms with Gasteiger partial charge in [0.15, 0.2) is 0 Å². The molecule has 0 aliphatic heterocycles. The number of fused-ring (bicyclic) bond motifs is 1. The van der Waals surface area contributed by atoms with Crippen molar-refractivity contribution in [3.8, 4) is 0 Å². The number of hydrogen-bond acceptors (Lipinski definition) is 2. The van der Waals surface area contributed by atoms with E-state index in [1.54, 1.807) is 0 Å². The molecule has 1 heterocycles. The minimum Gasteiger partial charge on any atom is -0.346 e. The maximum atomic E-state index is 12.4. The summed E-state index contributed by atoms with van der Waals surface area (Å²) in [5, 5.41) is 3.12. The molecule has 1 amide bonds. The lowest BCUT2D eigenvalue weighted by Gasteiger charge is -2.19. The molecule has 2 aromatic rings. The van der Waals surface area contributed by atoms with E-state index in [0.717, 1.165) is 35.3 Å². The van der Waals surface area contributed by atoms with Crippen LogP contribution in [0.25, 0.3) is 11.0 Å². The van der Waals surface area contributed by atoms with E-state index in [4.69, 9.17) is 4.98 Å². The Hall–Kier alpha value is -2.10. The highest BCUT2D eigenvalue weighted by atomic mass is 16.1. The first-order valence-corrected chi connectivity index (χ1v) is 8.37. The highest BCUT2D eigenvalue weighted by Crippen LogP contribution is 2.22. The smallest absolute Gasteiger partial charge is 0.223 e. The van der Waals surface area contributed by atoms with Gasteiger partial charge in [-0.3, -0.25) is 4.79 Å². The molecule has 0 saturated carbocycles. The average Bonchev–Trinajstić information content (AvgIpc) is 2.87. The Morgan fingerprint density at radius 3 is 2.57 bits per heavy atom. The van der Waals surface area contributed by atoms with Crippen LogP contribution in [-0.2, 0) is 11.3 Å². The van der Waals surface area contributed by atoms with Crippen LogP contribution < -0.4 is 5.32 Å². The lowest BCUT2D eigenvalue weighted by molar-refractivity contribution is -0.125. The Balaban J connectivity index is 2.34. The molecule has 0 spiro atoms. The van der Waals surface area contributed by atoms with Crippen molar-refractivity contribution in [2.24, 2.45) is 5.92 Å². The summed E-state index contributed by atoms with van der Waals surface area (Å²) in [6, 6.07) is 7.93. The van der Waals surface area contributed by atoms with Crippen molar-refractivity contribution in [3.63, 3.8) is 0 Å². The van der Waals surface area contributed by atoms with Gasteiger partial charge in [0.2, 0.25) is 5.91 Å². The van der Waals surface area contributed by atoms with Crippen LogP contribution in [0.2, 0.25) is 0 Å². The normalized spacial score (nSPS) is 12.6. The third-order valence-corrected chi connectivity index (χ3v) is 4.21. The summed E-state index contributed by atoms with van der Waals surface area (Å²) in [6.07, 6.45) is 1.72. The van der Waals surface area contributed by atoms with Gasteiger partial charge in [0.25, 0.3) is 0 Å².